The Hall–Kier alpha value is -2.64. The molecule has 1 saturated heterocycles. The highest BCUT2D eigenvalue weighted by atomic mass is 19.1. The molecule has 6 nitrogen and oxygen atoms in total. The molecular formula is C13H8F2N2O4. The maximum atomic E-state index is 13.7. The standard InChI is InChI=1S/C13H8F2N2O4/c14-5-1-2-6(15)10-9(5)12(20)17(13(10)21)7-3-4-8(18)16-11(7)19/h1-2,7H,3-4H2,(H,16,18,19). The van der Waals surface area contributed by atoms with Gasteiger partial charge in [-0.1, -0.05) is 0 Å². The normalized spacial score (nSPS) is 21.6. The van der Waals surface area contributed by atoms with Gasteiger partial charge in [-0.05, 0) is 18.6 Å². The summed E-state index contributed by atoms with van der Waals surface area (Å²) in [6.07, 6.45) is -0.131. The monoisotopic (exact) mass is 294 g/mol. The zero-order valence-corrected chi connectivity index (χ0v) is 10.5. The van der Waals surface area contributed by atoms with Crippen LogP contribution >= 0.6 is 0 Å². The summed E-state index contributed by atoms with van der Waals surface area (Å²) < 4.78 is 27.3. The van der Waals surface area contributed by atoms with E-state index in [-0.39, 0.29) is 12.8 Å². The van der Waals surface area contributed by atoms with Crippen molar-refractivity contribution in [3.8, 4) is 0 Å². The number of hydrogen-bond donors (Lipinski definition) is 1. The number of piperidine rings is 1. The third-order valence-electron chi connectivity index (χ3n) is 3.49. The van der Waals surface area contributed by atoms with Crippen molar-refractivity contribution < 1.29 is 28.0 Å². The first kappa shape index (κ1) is 13.3. The molecular weight excluding hydrogens is 286 g/mol. The van der Waals surface area contributed by atoms with Crippen LogP contribution in [0.3, 0.4) is 0 Å². The van der Waals surface area contributed by atoms with Crippen LogP contribution in [0.15, 0.2) is 12.1 Å². The van der Waals surface area contributed by atoms with Gasteiger partial charge >= 0.3 is 0 Å². The van der Waals surface area contributed by atoms with Crippen LogP contribution in [-0.4, -0.2) is 34.6 Å². The molecule has 1 aromatic carbocycles. The average molecular weight is 294 g/mol. The molecule has 1 atom stereocenters. The predicted octanol–water partition coefficient (Wildman–Crippen LogP) is 0.366. The first-order valence-corrected chi connectivity index (χ1v) is 6.11. The van der Waals surface area contributed by atoms with E-state index in [9.17, 15) is 28.0 Å². The second-order valence-electron chi connectivity index (χ2n) is 4.73. The fraction of sp³-hybridized carbons (Fsp3) is 0.231. The predicted molar refractivity (Wildman–Crippen MR) is 63.0 cm³/mol. The van der Waals surface area contributed by atoms with E-state index in [1.54, 1.807) is 0 Å². The van der Waals surface area contributed by atoms with Gasteiger partial charge in [0.25, 0.3) is 11.8 Å². The fourth-order valence-corrected chi connectivity index (χ4v) is 2.51. The lowest BCUT2D eigenvalue weighted by Crippen LogP contribution is -2.54. The fourth-order valence-electron chi connectivity index (χ4n) is 2.51. The second kappa shape index (κ2) is 4.44. The molecule has 2 aliphatic rings. The maximum absolute atomic E-state index is 13.7. The zero-order valence-electron chi connectivity index (χ0n) is 10.5. The highest BCUT2D eigenvalue weighted by molar-refractivity contribution is 6.23. The van der Waals surface area contributed by atoms with Gasteiger partial charge in [0.1, 0.15) is 17.7 Å². The number of fused-ring (bicyclic) bond motifs is 1. The summed E-state index contributed by atoms with van der Waals surface area (Å²) in [7, 11) is 0. The molecule has 0 saturated carbocycles. The number of halogens is 2. The molecule has 4 amide bonds. The van der Waals surface area contributed by atoms with Crippen molar-refractivity contribution in [2.75, 3.05) is 0 Å². The number of nitrogens with one attached hydrogen (secondary N) is 1. The van der Waals surface area contributed by atoms with Gasteiger partial charge in [-0.25, -0.2) is 8.78 Å². The van der Waals surface area contributed by atoms with Gasteiger partial charge in [0.2, 0.25) is 11.8 Å². The van der Waals surface area contributed by atoms with Gasteiger partial charge in [-0.15, -0.1) is 0 Å². The highest BCUT2D eigenvalue weighted by Crippen LogP contribution is 2.30. The number of carbonyl (C=O) groups is 4. The summed E-state index contributed by atoms with van der Waals surface area (Å²) in [5, 5.41) is 1.99. The van der Waals surface area contributed by atoms with Crippen molar-refractivity contribution in [2.24, 2.45) is 0 Å². The van der Waals surface area contributed by atoms with Crippen molar-refractivity contribution in [1.29, 1.82) is 0 Å². The number of rotatable bonds is 1. The van der Waals surface area contributed by atoms with Gasteiger partial charge < -0.3 is 0 Å². The Kier molecular flexibility index (Phi) is 2.82. The summed E-state index contributed by atoms with van der Waals surface area (Å²) in [4.78, 5) is 47.6. The molecule has 1 fully saturated rings. The van der Waals surface area contributed by atoms with E-state index in [4.69, 9.17) is 0 Å². The Balaban J connectivity index is 2.05. The number of hydrogen-bond acceptors (Lipinski definition) is 4. The summed E-state index contributed by atoms with van der Waals surface area (Å²) in [5.41, 5.74) is -1.35. The van der Waals surface area contributed by atoms with Gasteiger partial charge in [0.05, 0.1) is 11.1 Å². The van der Waals surface area contributed by atoms with Crippen LogP contribution in [0.25, 0.3) is 0 Å². The SMILES string of the molecule is O=C1CCC(N2C(=O)c3c(F)ccc(F)c3C2=O)C(=O)N1. The largest absolute Gasteiger partial charge is 0.295 e. The van der Waals surface area contributed by atoms with Crippen LogP contribution in [0.4, 0.5) is 8.78 Å². The average Bonchev–Trinajstić information content (AvgIpc) is 2.68. The summed E-state index contributed by atoms with van der Waals surface area (Å²) in [6.45, 7) is 0. The Morgan fingerprint density at radius 2 is 1.52 bits per heavy atom. The van der Waals surface area contributed by atoms with Gasteiger partial charge in [-0.2, -0.15) is 0 Å². The number of imide groups is 2. The molecule has 0 aliphatic carbocycles. The van der Waals surface area contributed by atoms with E-state index in [0.29, 0.717) is 4.90 Å². The van der Waals surface area contributed by atoms with Crippen LogP contribution in [0.1, 0.15) is 33.6 Å². The molecule has 0 radical (unpaired) electrons. The lowest BCUT2D eigenvalue weighted by molar-refractivity contribution is -0.136. The zero-order chi connectivity index (χ0) is 15.3. The minimum Gasteiger partial charge on any atom is -0.295 e. The lowest BCUT2D eigenvalue weighted by Gasteiger charge is -2.27. The molecule has 0 spiro atoms. The summed E-state index contributed by atoms with van der Waals surface area (Å²) in [6, 6.07) is 0.245. The van der Waals surface area contributed by atoms with Gasteiger partial charge in [-0.3, -0.25) is 29.4 Å². The van der Waals surface area contributed by atoms with E-state index in [1.807, 2.05) is 5.32 Å². The van der Waals surface area contributed by atoms with Crippen molar-refractivity contribution >= 4 is 23.6 Å². The second-order valence-corrected chi connectivity index (χ2v) is 4.73. The van der Waals surface area contributed by atoms with Crippen LogP contribution in [0, 0.1) is 11.6 Å². The van der Waals surface area contributed by atoms with Gasteiger partial charge in [0.15, 0.2) is 0 Å². The third kappa shape index (κ3) is 1.83. The van der Waals surface area contributed by atoms with Crippen LogP contribution in [0.5, 0.6) is 0 Å². The lowest BCUT2D eigenvalue weighted by atomic mass is 10.0. The van der Waals surface area contributed by atoms with E-state index in [0.717, 1.165) is 12.1 Å². The van der Waals surface area contributed by atoms with E-state index < -0.39 is 52.4 Å². The van der Waals surface area contributed by atoms with Crippen LogP contribution in [-0.2, 0) is 9.59 Å². The molecule has 2 aliphatic heterocycles. The minimum absolute atomic E-state index is 0.0607. The molecule has 21 heavy (non-hydrogen) atoms. The number of benzene rings is 1. The van der Waals surface area contributed by atoms with Crippen molar-refractivity contribution in [2.45, 2.75) is 18.9 Å². The highest BCUT2D eigenvalue weighted by Gasteiger charge is 2.47. The third-order valence-corrected chi connectivity index (χ3v) is 3.49. The molecule has 0 aromatic heterocycles. The topological polar surface area (TPSA) is 83.6 Å². The molecule has 1 N–H and O–H groups in total. The van der Waals surface area contributed by atoms with Crippen LogP contribution in [0.2, 0.25) is 0 Å². The minimum atomic E-state index is -1.24. The molecule has 3 rings (SSSR count). The smallest absolute Gasteiger partial charge is 0.265 e. The van der Waals surface area contributed by atoms with Crippen LogP contribution < -0.4 is 5.32 Å². The summed E-state index contributed by atoms with van der Waals surface area (Å²) >= 11 is 0. The molecule has 2 heterocycles. The Labute approximate surface area is 116 Å². The van der Waals surface area contributed by atoms with E-state index >= 15 is 0 Å². The number of carbonyl (C=O) groups excluding carboxylic acids is 4. The van der Waals surface area contributed by atoms with E-state index in [1.165, 1.54) is 0 Å². The number of nitrogens with zero attached hydrogens (tertiary/aromatic N) is 1. The first-order chi connectivity index (χ1) is 9.91. The molecule has 1 aromatic rings. The maximum Gasteiger partial charge on any atom is 0.265 e. The van der Waals surface area contributed by atoms with Crippen molar-refractivity contribution in [3.05, 3.63) is 34.9 Å². The van der Waals surface area contributed by atoms with Crippen molar-refractivity contribution in [3.63, 3.8) is 0 Å². The molecule has 108 valence electrons. The first-order valence-electron chi connectivity index (χ1n) is 6.11. The number of amides is 4. The summed E-state index contributed by atoms with van der Waals surface area (Å²) in [5.74, 6) is -5.55. The molecule has 8 heteroatoms. The van der Waals surface area contributed by atoms with E-state index in [2.05, 4.69) is 0 Å². The Morgan fingerprint density at radius 1 is 1.00 bits per heavy atom. The van der Waals surface area contributed by atoms with Crippen molar-refractivity contribution in [1.82, 2.24) is 10.2 Å². The van der Waals surface area contributed by atoms with Gasteiger partial charge in [0, 0.05) is 6.42 Å². The molecule has 0 bridgehead atoms. The Bertz CT molecular complexity index is 675. The Morgan fingerprint density at radius 3 is 2.00 bits per heavy atom. The molecule has 1 unspecified atom stereocenters. The quantitative estimate of drug-likeness (QED) is 0.758.